The van der Waals surface area contributed by atoms with Gasteiger partial charge in [-0.1, -0.05) is 6.07 Å². The van der Waals surface area contributed by atoms with Gasteiger partial charge in [0.05, 0.1) is 26.4 Å². The van der Waals surface area contributed by atoms with Crippen molar-refractivity contribution < 1.29 is 14.9 Å². The summed E-state index contributed by atoms with van der Waals surface area (Å²) >= 11 is 0. The molecule has 0 spiro atoms. The molecule has 1 aliphatic carbocycles. The molecule has 0 saturated heterocycles. The van der Waals surface area contributed by atoms with Crippen molar-refractivity contribution in [3.63, 3.8) is 0 Å². The van der Waals surface area contributed by atoms with Gasteiger partial charge < -0.3 is 20.3 Å². The van der Waals surface area contributed by atoms with Gasteiger partial charge in [-0.25, -0.2) is 0 Å². The van der Waals surface area contributed by atoms with E-state index in [9.17, 15) is 0 Å². The molecule has 4 nitrogen and oxygen atoms in total. The number of rotatable bonds is 5. The number of hydrogen-bond acceptors (Lipinski definition) is 4. The molecular formula is C13H19NO3. The van der Waals surface area contributed by atoms with Crippen LogP contribution in [-0.4, -0.2) is 36.6 Å². The van der Waals surface area contributed by atoms with Crippen LogP contribution in [0.4, 0.5) is 0 Å². The molecule has 17 heavy (non-hydrogen) atoms. The van der Waals surface area contributed by atoms with Crippen LogP contribution in [-0.2, 0) is 6.42 Å². The Balaban J connectivity index is 2.14. The SMILES string of the molecule is COc1ccc2c(c1)C(NC(CO)CO)CC2. The lowest BCUT2D eigenvalue weighted by Gasteiger charge is -2.20. The number of aliphatic hydroxyl groups is 2. The molecule has 94 valence electrons. The summed E-state index contributed by atoms with van der Waals surface area (Å²) in [6.45, 7) is -0.0986. The molecular weight excluding hydrogens is 218 g/mol. The van der Waals surface area contributed by atoms with E-state index in [0.29, 0.717) is 0 Å². The minimum Gasteiger partial charge on any atom is -0.497 e. The summed E-state index contributed by atoms with van der Waals surface area (Å²) in [7, 11) is 1.66. The van der Waals surface area contributed by atoms with E-state index in [2.05, 4.69) is 11.4 Å². The fraction of sp³-hybridized carbons (Fsp3) is 0.538. The van der Waals surface area contributed by atoms with Gasteiger partial charge in [0.15, 0.2) is 0 Å². The first kappa shape index (κ1) is 12.4. The number of hydrogen-bond donors (Lipinski definition) is 3. The molecule has 0 saturated carbocycles. The predicted octanol–water partition coefficient (Wildman–Crippen LogP) is 0.625. The lowest BCUT2D eigenvalue weighted by molar-refractivity contribution is 0.162. The fourth-order valence-corrected chi connectivity index (χ4v) is 2.33. The lowest BCUT2D eigenvalue weighted by Crippen LogP contribution is -2.37. The van der Waals surface area contributed by atoms with Crippen molar-refractivity contribution >= 4 is 0 Å². The van der Waals surface area contributed by atoms with Gasteiger partial charge in [0.1, 0.15) is 5.75 Å². The smallest absolute Gasteiger partial charge is 0.119 e. The molecule has 0 bridgehead atoms. The van der Waals surface area contributed by atoms with Crippen LogP contribution in [0.1, 0.15) is 23.6 Å². The van der Waals surface area contributed by atoms with Crippen LogP contribution in [0.15, 0.2) is 18.2 Å². The molecule has 1 atom stereocenters. The van der Waals surface area contributed by atoms with Crippen LogP contribution in [0.5, 0.6) is 5.75 Å². The van der Waals surface area contributed by atoms with Gasteiger partial charge in [-0.05, 0) is 36.1 Å². The summed E-state index contributed by atoms with van der Waals surface area (Å²) in [6, 6.07) is 6.03. The Morgan fingerprint density at radius 3 is 2.82 bits per heavy atom. The highest BCUT2D eigenvalue weighted by molar-refractivity contribution is 5.40. The number of fused-ring (bicyclic) bond motifs is 1. The number of aryl methyl sites for hydroxylation is 1. The maximum atomic E-state index is 9.09. The Kier molecular flexibility index (Phi) is 3.99. The van der Waals surface area contributed by atoms with Crippen molar-refractivity contribution in [2.24, 2.45) is 0 Å². The van der Waals surface area contributed by atoms with Gasteiger partial charge in [-0.15, -0.1) is 0 Å². The summed E-state index contributed by atoms with van der Waals surface area (Å²) in [4.78, 5) is 0. The fourth-order valence-electron chi connectivity index (χ4n) is 2.33. The highest BCUT2D eigenvalue weighted by Crippen LogP contribution is 2.33. The highest BCUT2D eigenvalue weighted by atomic mass is 16.5. The Bertz CT molecular complexity index is 377. The molecule has 1 aromatic rings. The Morgan fingerprint density at radius 1 is 1.41 bits per heavy atom. The molecule has 2 rings (SSSR count). The number of nitrogens with one attached hydrogen (secondary N) is 1. The third-order valence-electron chi connectivity index (χ3n) is 3.31. The average molecular weight is 237 g/mol. The molecule has 4 heteroatoms. The summed E-state index contributed by atoms with van der Waals surface area (Å²) in [5.74, 6) is 0.849. The summed E-state index contributed by atoms with van der Waals surface area (Å²) in [5, 5.41) is 21.4. The van der Waals surface area contributed by atoms with Crippen LogP contribution in [0, 0.1) is 0 Å². The molecule has 1 aromatic carbocycles. The van der Waals surface area contributed by atoms with E-state index >= 15 is 0 Å². The van der Waals surface area contributed by atoms with E-state index in [1.54, 1.807) is 7.11 Å². The molecule has 0 fully saturated rings. The lowest BCUT2D eigenvalue weighted by atomic mass is 10.1. The van der Waals surface area contributed by atoms with Crippen LogP contribution in [0.2, 0.25) is 0 Å². The molecule has 1 aliphatic rings. The first-order chi connectivity index (χ1) is 8.28. The maximum Gasteiger partial charge on any atom is 0.119 e. The van der Waals surface area contributed by atoms with Crippen LogP contribution in [0.3, 0.4) is 0 Å². The number of ether oxygens (including phenoxy) is 1. The van der Waals surface area contributed by atoms with Gasteiger partial charge in [0, 0.05) is 6.04 Å². The van der Waals surface area contributed by atoms with Crippen LogP contribution < -0.4 is 10.1 Å². The predicted molar refractivity (Wildman–Crippen MR) is 65.2 cm³/mol. The van der Waals surface area contributed by atoms with Crippen molar-refractivity contribution in [1.82, 2.24) is 5.32 Å². The third kappa shape index (κ3) is 2.60. The minimum absolute atomic E-state index is 0.0493. The second-order valence-corrected chi connectivity index (χ2v) is 4.38. The number of aliphatic hydroxyl groups excluding tert-OH is 2. The van der Waals surface area contributed by atoms with E-state index in [1.807, 2.05) is 12.1 Å². The molecule has 0 radical (unpaired) electrons. The monoisotopic (exact) mass is 237 g/mol. The van der Waals surface area contributed by atoms with Gasteiger partial charge in [-0.2, -0.15) is 0 Å². The van der Waals surface area contributed by atoms with E-state index in [0.717, 1.165) is 18.6 Å². The largest absolute Gasteiger partial charge is 0.497 e. The summed E-state index contributed by atoms with van der Waals surface area (Å²) < 4.78 is 5.22. The van der Waals surface area contributed by atoms with Crippen LogP contribution in [0.25, 0.3) is 0 Å². The highest BCUT2D eigenvalue weighted by Gasteiger charge is 2.24. The van der Waals surface area contributed by atoms with Gasteiger partial charge in [0.25, 0.3) is 0 Å². The van der Waals surface area contributed by atoms with E-state index in [4.69, 9.17) is 14.9 Å². The molecule has 0 aliphatic heterocycles. The number of benzene rings is 1. The molecule has 1 unspecified atom stereocenters. The van der Waals surface area contributed by atoms with E-state index in [-0.39, 0.29) is 25.3 Å². The average Bonchev–Trinajstić information content (AvgIpc) is 2.78. The van der Waals surface area contributed by atoms with Crippen LogP contribution >= 0.6 is 0 Å². The topological polar surface area (TPSA) is 61.7 Å². The van der Waals surface area contributed by atoms with E-state index < -0.39 is 0 Å². The zero-order chi connectivity index (χ0) is 12.3. The standard InChI is InChI=1S/C13H19NO3/c1-17-11-4-2-9-3-5-13(12(9)6-11)14-10(7-15)8-16/h2,4,6,10,13-16H,3,5,7-8H2,1H3. The molecule has 0 aromatic heterocycles. The zero-order valence-corrected chi connectivity index (χ0v) is 10.0. The normalized spacial score (nSPS) is 18.5. The zero-order valence-electron chi connectivity index (χ0n) is 10.0. The van der Waals surface area contributed by atoms with Crippen molar-refractivity contribution in [3.05, 3.63) is 29.3 Å². The summed E-state index contributed by atoms with van der Waals surface area (Å²) in [6.07, 6.45) is 2.03. The maximum absolute atomic E-state index is 9.09. The summed E-state index contributed by atoms with van der Waals surface area (Å²) in [5.41, 5.74) is 2.54. The van der Waals surface area contributed by atoms with Gasteiger partial charge in [-0.3, -0.25) is 0 Å². The second-order valence-electron chi connectivity index (χ2n) is 4.38. The first-order valence-electron chi connectivity index (χ1n) is 5.93. The first-order valence-corrected chi connectivity index (χ1v) is 5.93. The van der Waals surface area contributed by atoms with E-state index in [1.165, 1.54) is 11.1 Å². The van der Waals surface area contributed by atoms with Crippen molar-refractivity contribution in [3.8, 4) is 5.75 Å². The quantitative estimate of drug-likeness (QED) is 0.703. The second kappa shape index (κ2) is 5.49. The number of methoxy groups -OCH3 is 1. The van der Waals surface area contributed by atoms with Crippen molar-refractivity contribution in [2.45, 2.75) is 24.9 Å². The van der Waals surface area contributed by atoms with Gasteiger partial charge >= 0.3 is 0 Å². The molecule has 0 amide bonds. The minimum atomic E-state index is -0.253. The van der Waals surface area contributed by atoms with Gasteiger partial charge in [0.2, 0.25) is 0 Å². The Labute approximate surface area is 101 Å². The molecule has 3 N–H and O–H groups in total. The van der Waals surface area contributed by atoms with Crippen molar-refractivity contribution in [1.29, 1.82) is 0 Å². The third-order valence-corrected chi connectivity index (χ3v) is 3.31. The Hall–Kier alpha value is -1.10. The Morgan fingerprint density at radius 2 is 2.18 bits per heavy atom. The molecule has 0 heterocycles. The van der Waals surface area contributed by atoms with Crippen molar-refractivity contribution in [2.75, 3.05) is 20.3 Å².